The van der Waals surface area contributed by atoms with Crippen molar-refractivity contribution in [1.29, 1.82) is 0 Å². The van der Waals surface area contributed by atoms with Crippen LogP contribution in [0.15, 0.2) is 30.0 Å². The van der Waals surface area contributed by atoms with E-state index in [0.29, 0.717) is 0 Å². The van der Waals surface area contributed by atoms with E-state index in [1.54, 1.807) is 14.2 Å². The smallest absolute Gasteiger partial charge is 0.140 e. The molecule has 1 aliphatic carbocycles. The lowest BCUT2D eigenvalue weighted by atomic mass is 10.1. The molecule has 0 heterocycles. The predicted molar refractivity (Wildman–Crippen MR) is 55.8 cm³/mol. The van der Waals surface area contributed by atoms with Crippen molar-refractivity contribution in [2.75, 3.05) is 14.2 Å². The van der Waals surface area contributed by atoms with Crippen molar-refractivity contribution in [1.82, 2.24) is 0 Å². The van der Waals surface area contributed by atoms with Gasteiger partial charge in [-0.25, -0.2) is 0 Å². The highest BCUT2D eigenvalue weighted by Gasteiger charge is 2.29. The first-order valence-electron chi connectivity index (χ1n) is 4.66. The molecule has 0 radical (unpaired) electrons. The fourth-order valence-corrected chi connectivity index (χ4v) is 2.03. The first-order valence-corrected chi connectivity index (χ1v) is 4.66. The number of allylic oxidation sites excluding steroid dienone is 1. The summed E-state index contributed by atoms with van der Waals surface area (Å²) >= 11 is 0. The molecule has 0 saturated carbocycles. The highest BCUT2D eigenvalue weighted by atomic mass is 16.5. The average Bonchev–Trinajstić information content (AvgIpc) is 2.51. The zero-order valence-electron chi connectivity index (χ0n) is 8.70. The highest BCUT2D eigenvalue weighted by molar-refractivity contribution is 5.74. The molecule has 0 spiro atoms. The largest absolute Gasteiger partial charge is 0.498 e. The van der Waals surface area contributed by atoms with Gasteiger partial charge in [0.1, 0.15) is 11.9 Å². The molecule has 14 heavy (non-hydrogen) atoms. The quantitative estimate of drug-likeness (QED) is 0.714. The zero-order chi connectivity index (χ0) is 10.1. The molecule has 1 aromatic carbocycles. The van der Waals surface area contributed by atoms with E-state index < -0.39 is 0 Å². The minimum absolute atomic E-state index is 0.0313. The fourth-order valence-electron chi connectivity index (χ4n) is 2.03. The lowest BCUT2D eigenvalue weighted by Crippen LogP contribution is -2.02. The van der Waals surface area contributed by atoms with Gasteiger partial charge >= 0.3 is 0 Å². The van der Waals surface area contributed by atoms with E-state index in [1.165, 1.54) is 16.7 Å². The summed E-state index contributed by atoms with van der Waals surface area (Å²) in [6.45, 7) is 2.07. The monoisotopic (exact) mass is 190 g/mol. The number of ether oxygens (including phenoxy) is 2. The molecule has 2 nitrogen and oxygen atoms in total. The van der Waals surface area contributed by atoms with Gasteiger partial charge in [0, 0.05) is 7.11 Å². The highest BCUT2D eigenvalue weighted by Crippen LogP contribution is 2.41. The van der Waals surface area contributed by atoms with Crippen LogP contribution in [-0.4, -0.2) is 14.2 Å². The second kappa shape index (κ2) is 3.46. The van der Waals surface area contributed by atoms with Gasteiger partial charge in [-0.2, -0.15) is 0 Å². The van der Waals surface area contributed by atoms with E-state index in [9.17, 15) is 0 Å². The Bertz CT molecular complexity index is 380. The van der Waals surface area contributed by atoms with Gasteiger partial charge < -0.3 is 9.47 Å². The first kappa shape index (κ1) is 9.28. The Balaban J connectivity index is 2.55. The van der Waals surface area contributed by atoms with Crippen molar-refractivity contribution in [2.24, 2.45) is 0 Å². The van der Waals surface area contributed by atoms with Crippen molar-refractivity contribution >= 4 is 5.57 Å². The summed E-state index contributed by atoms with van der Waals surface area (Å²) in [6.07, 6.45) is -0.0313. The van der Waals surface area contributed by atoms with E-state index in [2.05, 4.69) is 19.1 Å². The van der Waals surface area contributed by atoms with Crippen LogP contribution in [-0.2, 0) is 9.47 Å². The molecule has 0 fully saturated rings. The van der Waals surface area contributed by atoms with Gasteiger partial charge in [0.2, 0.25) is 0 Å². The van der Waals surface area contributed by atoms with Gasteiger partial charge in [0.15, 0.2) is 0 Å². The number of benzene rings is 1. The molecule has 2 heteroatoms. The summed E-state index contributed by atoms with van der Waals surface area (Å²) in [4.78, 5) is 0. The summed E-state index contributed by atoms with van der Waals surface area (Å²) < 4.78 is 10.8. The zero-order valence-corrected chi connectivity index (χ0v) is 8.70. The van der Waals surface area contributed by atoms with Crippen LogP contribution in [0.2, 0.25) is 0 Å². The lowest BCUT2D eigenvalue weighted by Gasteiger charge is -2.13. The molecule has 0 N–H and O–H groups in total. The van der Waals surface area contributed by atoms with Gasteiger partial charge in [0.25, 0.3) is 0 Å². The normalized spacial score (nSPS) is 19.8. The predicted octanol–water partition coefficient (Wildman–Crippen LogP) is 2.77. The molecule has 1 unspecified atom stereocenters. The van der Waals surface area contributed by atoms with E-state index >= 15 is 0 Å². The number of hydrogen-bond donors (Lipinski definition) is 0. The maximum atomic E-state index is 5.43. The number of rotatable bonds is 2. The Hall–Kier alpha value is -1.28. The molecule has 1 atom stereocenters. The first-order chi connectivity index (χ1) is 6.79. The standard InChI is InChI=1S/C12H14O2/c1-8-9-6-4-5-7-10(9)12(14-3)11(8)13-2/h4-7,12H,1-3H3. The fraction of sp³-hybridized carbons (Fsp3) is 0.333. The Labute approximate surface area is 84.2 Å². The molecule has 0 aromatic heterocycles. The minimum Gasteiger partial charge on any atom is -0.498 e. The third-order valence-corrected chi connectivity index (χ3v) is 2.71. The van der Waals surface area contributed by atoms with E-state index in [4.69, 9.17) is 9.47 Å². The summed E-state index contributed by atoms with van der Waals surface area (Å²) in [5, 5.41) is 0. The second-order valence-corrected chi connectivity index (χ2v) is 3.40. The second-order valence-electron chi connectivity index (χ2n) is 3.40. The van der Waals surface area contributed by atoms with Crippen molar-refractivity contribution in [2.45, 2.75) is 13.0 Å². The Morgan fingerprint density at radius 2 is 1.86 bits per heavy atom. The van der Waals surface area contributed by atoms with Gasteiger partial charge in [-0.1, -0.05) is 24.3 Å². The SMILES string of the molecule is COC1=C(C)c2ccccc2C1OC. The topological polar surface area (TPSA) is 18.5 Å². The maximum absolute atomic E-state index is 5.43. The van der Waals surface area contributed by atoms with Crippen molar-refractivity contribution in [3.8, 4) is 0 Å². The lowest BCUT2D eigenvalue weighted by molar-refractivity contribution is 0.0835. The van der Waals surface area contributed by atoms with Gasteiger partial charge in [-0.3, -0.25) is 0 Å². The maximum Gasteiger partial charge on any atom is 0.140 e. The van der Waals surface area contributed by atoms with Crippen molar-refractivity contribution < 1.29 is 9.47 Å². The van der Waals surface area contributed by atoms with Crippen LogP contribution in [0.5, 0.6) is 0 Å². The summed E-state index contributed by atoms with van der Waals surface area (Å²) in [6, 6.07) is 8.24. The molecule has 1 aliphatic rings. The van der Waals surface area contributed by atoms with Crippen LogP contribution >= 0.6 is 0 Å². The molecule has 74 valence electrons. The van der Waals surface area contributed by atoms with Crippen molar-refractivity contribution in [3.63, 3.8) is 0 Å². The van der Waals surface area contributed by atoms with Crippen LogP contribution in [0.25, 0.3) is 5.57 Å². The van der Waals surface area contributed by atoms with Gasteiger partial charge in [0.05, 0.1) is 7.11 Å². The van der Waals surface area contributed by atoms with Gasteiger partial charge in [-0.15, -0.1) is 0 Å². The number of fused-ring (bicyclic) bond motifs is 1. The number of methoxy groups -OCH3 is 2. The Morgan fingerprint density at radius 1 is 1.14 bits per heavy atom. The van der Waals surface area contributed by atoms with E-state index in [0.717, 1.165) is 5.76 Å². The van der Waals surface area contributed by atoms with E-state index in [1.807, 2.05) is 12.1 Å². The minimum atomic E-state index is -0.0313. The van der Waals surface area contributed by atoms with Crippen LogP contribution < -0.4 is 0 Å². The summed E-state index contributed by atoms with van der Waals surface area (Å²) in [5.41, 5.74) is 3.61. The molecule has 0 aliphatic heterocycles. The van der Waals surface area contributed by atoms with Crippen LogP contribution in [0.4, 0.5) is 0 Å². The number of hydrogen-bond acceptors (Lipinski definition) is 2. The molecule has 0 amide bonds. The molecule has 0 saturated heterocycles. The Morgan fingerprint density at radius 3 is 2.50 bits per heavy atom. The van der Waals surface area contributed by atoms with Crippen LogP contribution in [0.1, 0.15) is 24.2 Å². The van der Waals surface area contributed by atoms with Gasteiger partial charge in [-0.05, 0) is 23.6 Å². The third-order valence-electron chi connectivity index (χ3n) is 2.71. The van der Waals surface area contributed by atoms with E-state index in [-0.39, 0.29) is 6.10 Å². The summed E-state index contributed by atoms with van der Waals surface area (Å²) in [7, 11) is 3.40. The molecular formula is C12H14O2. The molecule has 0 bridgehead atoms. The average molecular weight is 190 g/mol. The molecular weight excluding hydrogens is 176 g/mol. The van der Waals surface area contributed by atoms with Crippen LogP contribution in [0, 0.1) is 0 Å². The Kier molecular flexibility index (Phi) is 2.30. The summed E-state index contributed by atoms with van der Waals surface area (Å²) in [5.74, 6) is 0.925. The van der Waals surface area contributed by atoms with Crippen LogP contribution in [0.3, 0.4) is 0 Å². The third kappa shape index (κ3) is 1.15. The molecule has 1 aromatic rings. The molecule has 2 rings (SSSR count). The van der Waals surface area contributed by atoms with Crippen molar-refractivity contribution in [3.05, 3.63) is 41.2 Å².